The Bertz CT molecular complexity index is 322. The molecule has 0 aromatic carbocycles. The molecule has 1 aromatic heterocycles. The summed E-state index contributed by atoms with van der Waals surface area (Å²) in [4.78, 5) is 6.55. The number of likely N-dealkylation sites (N-methyl/N-ethyl adjacent to an activating group) is 1. The van der Waals surface area contributed by atoms with E-state index < -0.39 is 0 Å². The average Bonchev–Trinajstić information content (AvgIpc) is 3.05. The third kappa shape index (κ3) is 4.08. The highest BCUT2D eigenvalue weighted by Gasteiger charge is 2.19. The summed E-state index contributed by atoms with van der Waals surface area (Å²) in [5.74, 6) is 0. The molecule has 1 aliphatic carbocycles. The Kier molecular flexibility index (Phi) is 4.16. The molecule has 1 saturated carbocycles. The first kappa shape index (κ1) is 11.8. The molecule has 0 spiro atoms. The van der Waals surface area contributed by atoms with Gasteiger partial charge in [0.25, 0.3) is 0 Å². The summed E-state index contributed by atoms with van der Waals surface area (Å²) in [6.45, 7) is 3.00. The maximum absolute atomic E-state index is 5.79. The van der Waals surface area contributed by atoms with E-state index in [1.54, 1.807) is 6.20 Å². The smallest absolute Gasteiger partial charge is 0.0589 e. The van der Waals surface area contributed by atoms with Gasteiger partial charge in [-0.3, -0.25) is 9.88 Å². The Balaban J connectivity index is 1.68. The van der Waals surface area contributed by atoms with Gasteiger partial charge in [0, 0.05) is 31.9 Å². The minimum atomic E-state index is 0.696. The molecule has 0 radical (unpaired) electrons. The van der Waals surface area contributed by atoms with Crippen LogP contribution in [0.25, 0.3) is 0 Å². The van der Waals surface area contributed by atoms with E-state index in [0.29, 0.717) is 5.02 Å². The van der Waals surface area contributed by atoms with Gasteiger partial charge in [0.05, 0.1) is 10.7 Å². The van der Waals surface area contributed by atoms with Gasteiger partial charge in [0.2, 0.25) is 0 Å². The molecule has 0 bridgehead atoms. The number of nitrogens with one attached hydrogen (secondary N) is 1. The Morgan fingerprint density at radius 3 is 2.94 bits per heavy atom. The van der Waals surface area contributed by atoms with Gasteiger partial charge in [0.15, 0.2) is 0 Å². The van der Waals surface area contributed by atoms with Crippen LogP contribution >= 0.6 is 11.6 Å². The fourth-order valence-electron chi connectivity index (χ4n) is 1.60. The largest absolute Gasteiger partial charge is 0.313 e. The second-order valence-electron chi connectivity index (χ2n) is 4.43. The van der Waals surface area contributed by atoms with Crippen molar-refractivity contribution in [3.05, 3.63) is 29.0 Å². The van der Waals surface area contributed by atoms with Crippen LogP contribution in [0.4, 0.5) is 0 Å². The van der Waals surface area contributed by atoms with Crippen molar-refractivity contribution in [2.24, 2.45) is 0 Å². The van der Waals surface area contributed by atoms with Crippen LogP contribution in [0.5, 0.6) is 0 Å². The van der Waals surface area contributed by atoms with Crippen LogP contribution in [0.15, 0.2) is 18.3 Å². The first-order chi connectivity index (χ1) is 7.74. The van der Waals surface area contributed by atoms with Gasteiger partial charge in [-0.25, -0.2) is 0 Å². The summed E-state index contributed by atoms with van der Waals surface area (Å²) < 4.78 is 0. The molecule has 1 aliphatic rings. The first-order valence-electron chi connectivity index (χ1n) is 5.76. The normalized spacial score (nSPS) is 15.7. The molecule has 0 unspecified atom stereocenters. The fraction of sp³-hybridized carbons (Fsp3) is 0.583. The van der Waals surface area contributed by atoms with Crippen molar-refractivity contribution in [1.29, 1.82) is 0 Å². The zero-order chi connectivity index (χ0) is 11.4. The van der Waals surface area contributed by atoms with Crippen molar-refractivity contribution in [2.45, 2.75) is 25.4 Å². The summed E-state index contributed by atoms with van der Waals surface area (Å²) in [5, 5.41) is 4.20. The van der Waals surface area contributed by atoms with E-state index in [2.05, 4.69) is 22.2 Å². The lowest BCUT2D eigenvalue weighted by molar-refractivity contribution is 0.320. The van der Waals surface area contributed by atoms with Crippen molar-refractivity contribution >= 4 is 11.6 Å². The maximum atomic E-state index is 5.79. The molecule has 1 N–H and O–H groups in total. The van der Waals surface area contributed by atoms with E-state index in [1.807, 2.05) is 12.1 Å². The van der Waals surface area contributed by atoms with E-state index in [1.165, 1.54) is 12.8 Å². The second kappa shape index (κ2) is 5.62. The fourth-order valence-corrected chi connectivity index (χ4v) is 1.71. The topological polar surface area (TPSA) is 28.2 Å². The van der Waals surface area contributed by atoms with Crippen LogP contribution in [0.3, 0.4) is 0 Å². The molecule has 0 amide bonds. The van der Waals surface area contributed by atoms with Crippen LogP contribution in [-0.4, -0.2) is 36.1 Å². The summed E-state index contributed by atoms with van der Waals surface area (Å²) in [6, 6.07) is 4.66. The van der Waals surface area contributed by atoms with Gasteiger partial charge in [-0.15, -0.1) is 0 Å². The molecular formula is C12H18ClN3. The van der Waals surface area contributed by atoms with Crippen LogP contribution in [-0.2, 0) is 6.54 Å². The Labute approximate surface area is 102 Å². The average molecular weight is 240 g/mol. The molecule has 1 fully saturated rings. The minimum absolute atomic E-state index is 0.696. The lowest BCUT2D eigenvalue weighted by Gasteiger charge is -2.16. The molecular weight excluding hydrogens is 222 g/mol. The van der Waals surface area contributed by atoms with E-state index in [4.69, 9.17) is 11.6 Å². The number of hydrogen-bond acceptors (Lipinski definition) is 3. The SMILES string of the molecule is CN(CCNC1CC1)Cc1ccc(Cl)cn1. The Morgan fingerprint density at radius 1 is 1.50 bits per heavy atom. The summed E-state index contributed by atoms with van der Waals surface area (Å²) in [7, 11) is 2.12. The second-order valence-corrected chi connectivity index (χ2v) is 4.87. The number of halogens is 1. The predicted molar refractivity (Wildman–Crippen MR) is 66.6 cm³/mol. The molecule has 0 atom stereocenters. The minimum Gasteiger partial charge on any atom is -0.313 e. The summed E-state index contributed by atoms with van der Waals surface area (Å²) in [6.07, 6.45) is 4.40. The predicted octanol–water partition coefficient (Wildman–Crippen LogP) is 1.92. The zero-order valence-corrected chi connectivity index (χ0v) is 10.4. The molecule has 88 valence electrons. The van der Waals surface area contributed by atoms with Gasteiger partial charge in [-0.1, -0.05) is 11.6 Å². The van der Waals surface area contributed by atoms with Crippen LogP contribution in [0, 0.1) is 0 Å². The molecule has 0 saturated heterocycles. The third-order valence-electron chi connectivity index (χ3n) is 2.72. The number of rotatable bonds is 6. The zero-order valence-electron chi connectivity index (χ0n) is 9.62. The highest BCUT2D eigenvalue weighted by atomic mass is 35.5. The van der Waals surface area contributed by atoms with Crippen LogP contribution in [0.2, 0.25) is 5.02 Å². The highest BCUT2D eigenvalue weighted by Crippen LogP contribution is 2.18. The van der Waals surface area contributed by atoms with Crippen molar-refractivity contribution in [1.82, 2.24) is 15.2 Å². The lowest BCUT2D eigenvalue weighted by atomic mass is 10.3. The van der Waals surface area contributed by atoms with E-state index in [9.17, 15) is 0 Å². The third-order valence-corrected chi connectivity index (χ3v) is 2.95. The van der Waals surface area contributed by atoms with E-state index in [-0.39, 0.29) is 0 Å². The van der Waals surface area contributed by atoms with Gasteiger partial charge in [-0.2, -0.15) is 0 Å². The van der Waals surface area contributed by atoms with Crippen LogP contribution in [0.1, 0.15) is 18.5 Å². The molecule has 4 heteroatoms. The first-order valence-corrected chi connectivity index (χ1v) is 6.14. The van der Waals surface area contributed by atoms with Gasteiger partial charge in [-0.05, 0) is 32.0 Å². The molecule has 16 heavy (non-hydrogen) atoms. The van der Waals surface area contributed by atoms with Gasteiger partial charge < -0.3 is 5.32 Å². The number of nitrogens with zero attached hydrogens (tertiary/aromatic N) is 2. The number of hydrogen-bond donors (Lipinski definition) is 1. The highest BCUT2D eigenvalue weighted by molar-refractivity contribution is 6.30. The van der Waals surface area contributed by atoms with Crippen molar-refractivity contribution < 1.29 is 0 Å². The van der Waals surface area contributed by atoms with Crippen molar-refractivity contribution in [3.8, 4) is 0 Å². The molecule has 1 aromatic rings. The maximum Gasteiger partial charge on any atom is 0.0589 e. The molecule has 0 aliphatic heterocycles. The van der Waals surface area contributed by atoms with E-state index in [0.717, 1.165) is 31.4 Å². The van der Waals surface area contributed by atoms with Gasteiger partial charge >= 0.3 is 0 Å². The molecule has 1 heterocycles. The monoisotopic (exact) mass is 239 g/mol. The Hall–Kier alpha value is -0.640. The van der Waals surface area contributed by atoms with Crippen molar-refractivity contribution in [2.75, 3.05) is 20.1 Å². The molecule has 3 nitrogen and oxygen atoms in total. The van der Waals surface area contributed by atoms with Gasteiger partial charge in [0.1, 0.15) is 0 Å². The quantitative estimate of drug-likeness (QED) is 0.822. The molecule has 2 rings (SSSR count). The Morgan fingerprint density at radius 2 is 2.31 bits per heavy atom. The van der Waals surface area contributed by atoms with Crippen molar-refractivity contribution in [3.63, 3.8) is 0 Å². The van der Waals surface area contributed by atoms with Crippen LogP contribution < -0.4 is 5.32 Å². The van der Waals surface area contributed by atoms with E-state index >= 15 is 0 Å². The standard InChI is InChI=1S/C12H18ClN3/c1-16(7-6-14-11-4-5-11)9-12-3-2-10(13)8-15-12/h2-3,8,11,14H,4-7,9H2,1H3. The number of pyridine rings is 1. The summed E-state index contributed by atoms with van der Waals surface area (Å²) in [5.41, 5.74) is 1.07. The summed E-state index contributed by atoms with van der Waals surface area (Å²) >= 11 is 5.79. The number of aromatic nitrogens is 1. The lowest BCUT2D eigenvalue weighted by Crippen LogP contribution is -2.30.